The first-order valence-corrected chi connectivity index (χ1v) is 7.16. The fourth-order valence-electron chi connectivity index (χ4n) is 2.95. The fourth-order valence-corrected chi connectivity index (χ4v) is 2.95. The van der Waals surface area contributed by atoms with Gasteiger partial charge in [-0.05, 0) is 31.9 Å². The van der Waals surface area contributed by atoms with E-state index in [0.717, 1.165) is 19.5 Å². The van der Waals surface area contributed by atoms with Crippen LogP contribution in [0.15, 0.2) is 24.5 Å². The molecule has 19 heavy (non-hydrogen) atoms. The zero-order valence-electron chi connectivity index (χ0n) is 12.1. The minimum Gasteiger partial charge on any atom is -0.373 e. The monoisotopic (exact) mass is 263 g/mol. The van der Waals surface area contributed by atoms with E-state index in [9.17, 15) is 0 Å². The highest BCUT2D eigenvalue weighted by Gasteiger charge is 2.31. The average molecular weight is 263 g/mol. The van der Waals surface area contributed by atoms with Crippen molar-refractivity contribution in [3.05, 3.63) is 30.1 Å². The number of hydrogen-bond acceptors (Lipinski definition) is 4. The summed E-state index contributed by atoms with van der Waals surface area (Å²) in [6.07, 6.45) is 5.21. The van der Waals surface area contributed by atoms with Gasteiger partial charge in [0.1, 0.15) is 0 Å². The van der Waals surface area contributed by atoms with Gasteiger partial charge >= 0.3 is 0 Å². The third kappa shape index (κ3) is 3.53. The van der Waals surface area contributed by atoms with Gasteiger partial charge < -0.3 is 10.5 Å². The van der Waals surface area contributed by atoms with E-state index < -0.39 is 0 Å². The van der Waals surface area contributed by atoms with Crippen LogP contribution >= 0.6 is 0 Å². The zero-order chi connectivity index (χ0) is 13.8. The predicted molar refractivity (Wildman–Crippen MR) is 76.8 cm³/mol. The molecule has 4 unspecified atom stereocenters. The van der Waals surface area contributed by atoms with Gasteiger partial charge in [0.15, 0.2) is 0 Å². The summed E-state index contributed by atoms with van der Waals surface area (Å²) in [6, 6.07) is 4.46. The Bertz CT molecular complexity index is 374. The summed E-state index contributed by atoms with van der Waals surface area (Å²) in [5.41, 5.74) is 7.57. The highest BCUT2D eigenvalue weighted by Crippen LogP contribution is 2.27. The Kier molecular flexibility index (Phi) is 4.91. The van der Waals surface area contributed by atoms with Crippen molar-refractivity contribution < 1.29 is 4.74 Å². The summed E-state index contributed by atoms with van der Waals surface area (Å²) >= 11 is 0. The summed E-state index contributed by atoms with van der Waals surface area (Å²) in [4.78, 5) is 6.69. The van der Waals surface area contributed by atoms with Crippen LogP contribution in [0.3, 0.4) is 0 Å². The number of hydrogen-bond donors (Lipinski definition) is 1. The average Bonchev–Trinajstić information content (AvgIpc) is 2.39. The van der Waals surface area contributed by atoms with Gasteiger partial charge in [0, 0.05) is 31.5 Å². The van der Waals surface area contributed by atoms with Crippen molar-refractivity contribution in [3.63, 3.8) is 0 Å². The summed E-state index contributed by atoms with van der Waals surface area (Å²) in [6.45, 7) is 8.25. The number of morpholine rings is 1. The smallest absolute Gasteiger partial charge is 0.0678 e. The standard InChI is InChI=1S/C15H25N3O/c1-4-14(16)15(13-6-5-7-17-8-13)18-9-11(2)19-12(3)10-18/h5-8,11-12,14-15H,4,9-10,16H2,1-3H3. The van der Waals surface area contributed by atoms with Gasteiger partial charge in [-0.15, -0.1) is 0 Å². The van der Waals surface area contributed by atoms with Gasteiger partial charge in [-0.25, -0.2) is 0 Å². The molecule has 1 aliphatic heterocycles. The molecule has 2 N–H and O–H groups in total. The molecule has 2 heterocycles. The van der Waals surface area contributed by atoms with Crippen molar-refractivity contribution in [1.29, 1.82) is 0 Å². The molecule has 4 atom stereocenters. The molecule has 0 amide bonds. The van der Waals surface area contributed by atoms with Crippen LogP contribution in [0.4, 0.5) is 0 Å². The number of nitrogens with two attached hydrogens (primary N) is 1. The van der Waals surface area contributed by atoms with Crippen LogP contribution in [0.2, 0.25) is 0 Å². The molecule has 0 spiro atoms. The van der Waals surface area contributed by atoms with Crippen LogP contribution in [-0.2, 0) is 4.74 Å². The molecule has 1 saturated heterocycles. The van der Waals surface area contributed by atoms with E-state index in [1.54, 1.807) is 0 Å². The first-order valence-electron chi connectivity index (χ1n) is 7.16. The minimum absolute atomic E-state index is 0.127. The molecule has 1 fully saturated rings. The molecule has 4 heteroatoms. The van der Waals surface area contributed by atoms with E-state index in [1.165, 1.54) is 5.56 Å². The van der Waals surface area contributed by atoms with E-state index in [4.69, 9.17) is 10.5 Å². The molecule has 1 aliphatic rings. The number of pyridine rings is 1. The maximum Gasteiger partial charge on any atom is 0.0678 e. The Labute approximate surface area is 116 Å². The number of ether oxygens (including phenoxy) is 1. The van der Waals surface area contributed by atoms with Crippen LogP contribution in [0, 0.1) is 0 Å². The molecular weight excluding hydrogens is 238 g/mol. The van der Waals surface area contributed by atoms with E-state index in [1.807, 2.05) is 18.5 Å². The van der Waals surface area contributed by atoms with Gasteiger partial charge in [-0.2, -0.15) is 0 Å². The van der Waals surface area contributed by atoms with Crippen LogP contribution < -0.4 is 5.73 Å². The molecular formula is C15H25N3O. The summed E-state index contributed by atoms with van der Waals surface area (Å²) < 4.78 is 5.82. The Balaban J connectivity index is 2.23. The lowest BCUT2D eigenvalue weighted by molar-refractivity contribution is -0.0838. The lowest BCUT2D eigenvalue weighted by atomic mass is 9.96. The van der Waals surface area contributed by atoms with Crippen molar-refractivity contribution in [2.75, 3.05) is 13.1 Å². The Morgan fingerprint density at radius 1 is 1.42 bits per heavy atom. The van der Waals surface area contributed by atoms with Gasteiger partial charge in [0.2, 0.25) is 0 Å². The van der Waals surface area contributed by atoms with E-state index in [2.05, 4.69) is 36.7 Å². The number of rotatable bonds is 4. The second kappa shape index (κ2) is 6.46. The molecule has 1 aromatic heterocycles. The van der Waals surface area contributed by atoms with E-state index in [0.29, 0.717) is 0 Å². The van der Waals surface area contributed by atoms with Gasteiger partial charge in [-0.1, -0.05) is 13.0 Å². The maximum absolute atomic E-state index is 6.36. The fraction of sp³-hybridized carbons (Fsp3) is 0.667. The van der Waals surface area contributed by atoms with Crippen LogP contribution in [0.1, 0.15) is 38.8 Å². The number of nitrogens with zero attached hydrogens (tertiary/aromatic N) is 2. The molecule has 4 nitrogen and oxygen atoms in total. The molecule has 1 aromatic rings. The molecule has 0 aliphatic carbocycles. The van der Waals surface area contributed by atoms with Crippen LogP contribution in [0.25, 0.3) is 0 Å². The second-order valence-electron chi connectivity index (χ2n) is 5.51. The van der Waals surface area contributed by atoms with Crippen molar-refractivity contribution >= 4 is 0 Å². The van der Waals surface area contributed by atoms with Crippen LogP contribution in [-0.4, -0.2) is 41.2 Å². The lowest BCUT2D eigenvalue weighted by Crippen LogP contribution is -2.51. The SMILES string of the molecule is CCC(N)C(c1cccnc1)N1CC(C)OC(C)C1. The van der Waals surface area contributed by atoms with Crippen molar-refractivity contribution in [1.82, 2.24) is 9.88 Å². The maximum atomic E-state index is 6.36. The Hall–Kier alpha value is -0.970. The summed E-state index contributed by atoms with van der Waals surface area (Å²) in [5, 5.41) is 0. The summed E-state index contributed by atoms with van der Waals surface area (Å²) in [7, 11) is 0. The van der Waals surface area contributed by atoms with Gasteiger partial charge in [0.25, 0.3) is 0 Å². The highest BCUT2D eigenvalue weighted by molar-refractivity contribution is 5.16. The third-order valence-corrected chi connectivity index (χ3v) is 3.74. The zero-order valence-corrected chi connectivity index (χ0v) is 12.1. The quantitative estimate of drug-likeness (QED) is 0.902. The second-order valence-corrected chi connectivity index (χ2v) is 5.51. The number of aromatic nitrogens is 1. The highest BCUT2D eigenvalue weighted by atomic mass is 16.5. The summed E-state index contributed by atoms with van der Waals surface area (Å²) in [5.74, 6) is 0. The van der Waals surface area contributed by atoms with Crippen molar-refractivity contribution in [3.8, 4) is 0 Å². The van der Waals surface area contributed by atoms with Gasteiger partial charge in [-0.3, -0.25) is 9.88 Å². The Morgan fingerprint density at radius 3 is 2.63 bits per heavy atom. The molecule has 0 radical (unpaired) electrons. The van der Waals surface area contributed by atoms with Crippen LogP contribution in [0.5, 0.6) is 0 Å². The van der Waals surface area contributed by atoms with E-state index in [-0.39, 0.29) is 24.3 Å². The molecule has 0 saturated carbocycles. The largest absolute Gasteiger partial charge is 0.373 e. The molecule has 2 rings (SSSR count). The van der Waals surface area contributed by atoms with Gasteiger partial charge in [0.05, 0.1) is 18.2 Å². The first kappa shape index (κ1) is 14.4. The molecule has 0 aromatic carbocycles. The normalized spacial score (nSPS) is 28.0. The first-order chi connectivity index (χ1) is 9.11. The molecule has 0 bridgehead atoms. The predicted octanol–water partition coefficient (Wildman–Crippen LogP) is 1.97. The Morgan fingerprint density at radius 2 is 2.11 bits per heavy atom. The van der Waals surface area contributed by atoms with E-state index >= 15 is 0 Å². The minimum atomic E-state index is 0.127. The third-order valence-electron chi connectivity index (χ3n) is 3.74. The van der Waals surface area contributed by atoms with Crippen molar-refractivity contribution in [2.24, 2.45) is 5.73 Å². The van der Waals surface area contributed by atoms with Crippen molar-refractivity contribution in [2.45, 2.75) is 51.5 Å². The topological polar surface area (TPSA) is 51.4 Å². The molecule has 106 valence electrons. The lowest BCUT2D eigenvalue weighted by Gasteiger charge is -2.42.